The number of thiazole rings is 1. The molecule has 3 aromatic rings. The van der Waals surface area contributed by atoms with Crippen molar-refractivity contribution in [3.05, 3.63) is 83.2 Å². The van der Waals surface area contributed by atoms with Crippen LogP contribution < -0.4 is 19.8 Å². The van der Waals surface area contributed by atoms with Crippen LogP contribution in [0.4, 0.5) is 5.69 Å². The van der Waals surface area contributed by atoms with Gasteiger partial charge in [-0.25, -0.2) is 14.7 Å². The van der Waals surface area contributed by atoms with E-state index in [2.05, 4.69) is 4.99 Å². The van der Waals surface area contributed by atoms with Crippen LogP contribution in [0.2, 0.25) is 0 Å². The zero-order valence-electron chi connectivity index (χ0n) is 17.8. The van der Waals surface area contributed by atoms with E-state index >= 15 is 0 Å². The maximum Gasteiger partial charge on any atom is 0.338 e. The van der Waals surface area contributed by atoms with Crippen LogP contribution in [0.5, 0.6) is 0 Å². The summed E-state index contributed by atoms with van der Waals surface area (Å²) in [4.78, 5) is 58.6. The van der Waals surface area contributed by atoms with E-state index in [0.717, 1.165) is 21.1 Å². The number of amides is 2. The summed E-state index contributed by atoms with van der Waals surface area (Å²) < 4.78 is 6.60. The maximum atomic E-state index is 13.8. The second-order valence-corrected chi connectivity index (χ2v) is 9.42. The smallest absolute Gasteiger partial charge is 0.338 e. The number of allylic oxidation sites excluding steroid dienone is 1. The summed E-state index contributed by atoms with van der Waals surface area (Å²) in [5.74, 6) is -1.56. The number of methoxy groups -OCH3 is 1. The first-order chi connectivity index (χ1) is 15.8. The van der Waals surface area contributed by atoms with E-state index in [1.165, 1.54) is 29.9 Å². The number of thiophene rings is 1. The molecule has 33 heavy (non-hydrogen) atoms. The maximum absolute atomic E-state index is 13.8. The lowest BCUT2D eigenvalue weighted by atomic mass is 10.0. The largest absolute Gasteiger partial charge is 0.466 e. The molecule has 0 fully saturated rings. The second-order valence-electron chi connectivity index (χ2n) is 7.46. The van der Waals surface area contributed by atoms with Gasteiger partial charge in [-0.1, -0.05) is 35.6 Å². The highest BCUT2D eigenvalue weighted by Gasteiger charge is 2.38. The van der Waals surface area contributed by atoms with E-state index in [-0.39, 0.29) is 15.7 Å². The molecule has 1 atom stereocenters. The molecule has 1 aromatic carbocycles. The average molecular weight is 480 g/mol. The molecule has 0 N–H and O–H groups in total. The van der Waals surface area contributed by atoms with Crippen LogP contribution in [-0.2, 0) is 19.1 Å². The third kappa shape index (κ3) is 3.05. The minimum atomic E-state index is -0.723. The van der Waals surface area contributed by atoms with Crippen molar-refractivity contribution in [1.82, 2.24) is 4.57 Å². The number of aromatic nitrogens is 1. The van der Waals surface area contributed by atoms with Gasteiger partial charge in [-0.15, -0.1) is 11.3 Å². The third-order valence-electron chi connectivity index (χ3n) is 5.59. The first kappa shape index (κ1) is 21.2. The molecule has 5 rings (SSSR count). The molecule has 0 saturated carbocycles. The Morgan fingerprint density at radius 2 is 1.88 bits per heavy atom. The Morgan fingerprint density at radius 3 is 2.55 bits per heavy atom. The molecule has 0 bridgehead atoms. The van der Waals surface area contributed by atoms with Crippen LogP contribution in [0, 0.1) is 0 Å². The summed E-state index contributed by atoms with van der Waals surface area (Å²) in [6.45, 7) is 3.00. The Balaban J connectivity index is 1.86. The molecule has 2 aliphatic heterocycles. The number of ether oxygens (including phenoxy) is 1. The summed E-state index contributed by atoms with van der Waals surface area (Å²) in [6, 6.07) is 9.82. The zero-order valence-corrected chi connectivity index (χ0v) is 19.5. The van der Waals surface area contributed by atoms with Gasteiger partial charge in [-0.2, -0.15) is 0 Å². The average Bonchev–Trinajstić information content (AvgIpc) is 3.49. The fourth-order valence-electron chi connectivity index (χ4n) is 4.21. The fourth-order valence-corrected chi connectivity index (χ4v) is 6.17. The highest BCUT2D eigenvalue weighted by molar-refractivity contribution is 7.10. The van der Waals surface area contributed by atoms with Crippen molar-refractivity contribution in [3.63, 3.8) is 0 Å². The monoisotopic (exact) mass is 479 g/mol. The van der Waals surface area contributed by atoms with Gasteiger partial charge in [0.15, 0.2) is 4.80 Å². The van der Waals surface area contributed by atoms with Crippen molar-refractivity contribution in [1.29, 1.82) is 0 Å². The Labute approximate surface area is 195 Å². The minimum Gasteiger partial charge on any atom is -0.466 e. The van der Waals surface area contributed by atoms with Crippen LogP contribution in [0.3, 0.4) is 0 Å². The van der Waals surface area contributed by atoms with Gasteiger partial charge < -0.3 is 4.74 Å². The van der Waals surface area contributed by atoms with Gasteiger partial charge in [-0.3, -0.25) is 19.0 Å². The van der Waals surface area contributed by atoms with Crippen molar-refractivity contribution in [2.75, 3.05) is 12.0 Å². The van der Waals surface area contributed by atoms with Gasteiger partial charge in [0.2, 0.25) is 5.91 Å². The lowest BCUT2D eigenvalue weighted by Gasteiger charge is -2.22. The molecule has 0 radical (unpaired) electrons. The van der Waals surface area contributed by atoms with Crippen molar-refractivity contribution in [2.24, 2.45) is 4.99 Å². The van der Waals surface area contributed by atoms with Crippen molar-refractivity contribution in [3.8, 4) is 0 Å². The number of hydrogen-bond donors (Lipinski definition) is 0. The van der Waals surface area contributed by atoms with Crippen LogP contribution in [0.1, 0.15) is 30.3 Å². The number of benzene rings is 1. The number of anilines is 1. The van der Waals surface area contributed by atoms with Gasteiger partial charge >= 0.3 is 5.97 Å². The molecular weight excluding hydrogens is 462 g/mol. The number of fused-ring (bicyclic) bond motifs is 2. The van der Waals surface area contributed by atoms with Crippen molar-refractivity contribution >= 4 is 51.7 Å². The Kier molecular flexibility index (Phi) is 4.98. The molecule has 0 aliphatic carbocycles. The number of rotatable bonds is 2. The highest BCUT2D eigenvalue weighted by Crippen LogP contribution is 2.36. The van der Waals surface area contributed by atoms with E-state index in [0.29, 0.717) is 21.7 Å². The Hall–Kier alpha value is -3.63. The molecule has 2 aliphatic rings. The predicted octanol–water partition coefficient (Wildman–Crippen LogP) is 1.73. The molecular formula is C23H17N3O5S2. The first-order valence-corrected chi connectivity index (χ1v) is 11.7. The van der Waals surface area contributed by atoms with Gasteiger partial charge in [0.05, 0.1) is 29.6 Å². The topological polar surface area (TPSA) is 98.0 Å². The van der Waals surface area contributed by atoms with E-state index in [1.54, 1.807) is 31.2 Å². The second kappa shape index (κ2) is 7.75. The van der Waals surface area contributed by atoms with Gasteiger partial charge in [-0.05, 0) is 24.4 Å². The third-order valence-corrected chi connectivity index (χ3v) is 7.57. The van der Waals surface area contributed by atoms with Crippen LogP contribution in [0.25, 0.3) is 5.57 Å². The number of carbonyl (C=O) groups is 3. The molecule has 0 unspecified atom stereocenters. The number of para-hydroxylation sites is 1. The molecule has 0 saturated heterocycles. The van der Waals surface area contributed by atoms with E-state index in [4.69, 9.17) is 4.74 Å². The SMILES string of the molecule is COC(=O)C1=C(C)N=c2s/c(=C3\C(=O)N(C(C)=O)c4ccccc43)c(=O)n2[C@@H]1c1cccs1. The summed E-state index contributed by atoms with van der Waals surface area (Å²) in [5, 5.41) is 1.86. The Bertz CT molecular complexity index is 1560. The van der Waals surface area contributed by atoms with Crippen LogP contribution in [0.15, 0.2) is 62.8 Å². The van der Waals surface area contributed by atoms with E-state index in [1.807, 2.05) is 17.5 Å². The van der Waals surface area contributed by atoms with Crippen LogP contribution in [-0.4, -0.2) is 29.5 Å². The Morgan fingerprint density at radius 1 is 1.12 bits per heavy atom. The number of carbonyl (C=O) groups excluding carboxylic acids is 3. The lowest BCUT2D eigenvalue weighted by molar-refractivity contribution is -0.136. The van der Waals surface area contributed by atoms with Crippen molar-refractivity contribution < 1.29 is 19.1 Å². The van der Waals surface area contributed by atoms with Crippen LogP contribution >= 0.6 is 22.7 Å². The predicted molar refractivity (Wildman–Crippen MR) is 124 cm³/mol. The zero-order chi connectivity index (χ0) is 23.4. The van der Waals surface area contributed by atoms with Gasteiger partial charge in [0, 0.05) is 17.4 Å². The summed E-state index contributed by atoms with van der Waals surface area (Å²) in [6.07, 6.45) is 0. The number of esters is 1. The summed E-state index contributed by atoms with van der Waals surface area (Å²) in [5.41, 5.74) is 1.38. The molecule has 166 valence electrons. The molecule has 0 spiro atoms. The van der Waals surface area contributed by atoms with E-state index in [9.17, 15) is 19.2 Å². The number of imide groups is 1. The number of hydrogen-bond acceptors (Lipinski definition) is 8. The van der Waals surface area contributed by atoms with Crippen molar-refractivity contribution in [2.45, 2.75) is 19.9 Å². The molecule has 8 nitrogen and oxygen atoms in total. The summed E-state index contributed by atoms with van der Waals surface area (Å²) in [7, 11) is 1.28. The molecule has 2 amide bonds. The lowest BCUT2D eigenvalue weighted by Crippen LogP contribution is -2.40. The van der Waals surface area contributed by atoms with Gasteiger partial charge in [0.25, 0.3) is 11.5 Å². The van der Waals surface area contributed by atoms with Gasteiger partial charge in [0.1, 0.15) is 10.6 Å². The first-order valence-electron chi connectivity index (χ1n) is 9.96. The summed E-state index contributed by atoms with van der Waals surface area (Å²) >= 11 is 2.48. The normalized spacial score (nSPS) is 18.7. The quantitative estimate of drug-likeness (QED) is 0.522. The van der Waals surface area contributed by atoms with E-state index < -0.39 is 29.4 Å². The highest BCUT2D eigenvalue weighted by atomic mass is 32.1. The molecule has 4 heterocycles. The minimum absolute atomic E-state index is 0.162. The molecule has 10 heteroatoms. The number of nitrogens with zero attached hydrogens (tertiary/aromatic N) is 3. The molecule has 2 aromatic heterocycles. The fraction of sp³-hybridized carbons (Fsp3) is 0.174. The standard InChI is InChI=1S/C23H17N3O5S2/c1-11-16(22(30)31-3)18(15-9-6-10-32-15)26-21(29)19(33-23(26)24-11)17-13-7-4-5-8-14(13)25(12(2)27)20(17)28/h4-10,18H,1-3H3/b19-17-/t18-/m1/s1.